The van der Waals surface area contributed by atoms with Gasteiger partial charge in [0.2, 0.25) is 5.91 Å². The van der Waals surface area contributed by atoms with Crippen LogP contribution in [0.3, 0.4) is 0 Å². The van der Waals surface area contributed by atoms with Crippen LogP contribution < -0.4 is 5.32 Å². The van der Waals surface area contributed by atoms with E-state index in [1.807, 2.05) is 24.3 Å². The second-order valence-electron chi connectivity index (χ2n) is 6.21. The van der Waals surface area contributed by atoms with Crippen LogP contribution in [-0.4, -0.2) is 48.4 Å². The Labute approximate surface area is 152 Å². The summed E-state index contributed by atoms with van der Waals surface area (Å²) in [6.07, 6.45) is 0. The number of carbonyl (C=O) groups is 1. The third-order valence-corrected chi connectivity index (χ3v) is 4.63. The van der Waals surface area contributed by atoms with E-state index in [4.69, 9.17) is 11.6 Å². The molecule has 0 bridgehead atoms. The molecule has 1 N–H and O–H groups in total. The molecule has 0 spiro atoms. The third-order valence-electron chi connectivity index (χ3n) is 4.30. The molecular formula is C19H21ClFN3O. The van der Waals surface area contributed by atoms with E-state index in [0.717, 1.165) is 38.3 Å². The SMILES string of the molecule is O=C(CN1CCN(Cc2ccc(F)cc2)CC1)Nc1ccccc1Cl. The molecule has 1 fully saturated rings. The molecule has 0 aromatic heterocycles. The van der Waals surface area contributed by atoms with Gasteiger partial charge < -0.3 is 5.32 Å². The second kappa shape index (κ2) is 8.43. The maximum atomic E-state index is 13.0. The van der Waals surface area contributed by atoms with Crippen LogP contribution in [0.2, 0.25) is 5.02 Å². The van der Waals surface area contributed by atoms with Crippen LogP contribution in [0.1, 0.15) is 5.56 Å². The molecule has 25 heavy (non-hydrogen) atoms. The van der Waals surface area contributed by atoms with Crippen molar-refractivity contribution in [1.29, 1.82) is 0 Å². The quantitative estimate of drug-likeness (QED) is 0.888. The smallest absolute Gasteiger partial charge is 0.238 e. The molecule has 1 aliphatic heterocycles. The van der Waals surface area contributed by atoms with Crippen LogP contribution in [0.15, 0.2) is 48.5 Å². The van der Waals surface area contributed by atoms with Gasteiger partial charge in [-0.15, -0.1) is 0 Å². The Balaban J connectivity index is 1.43. The third kappa shape index (κ3) is 5.26. The predicted octanol–water partition coefficient (Wildman–Crippen LogP) is 3.24. The Bertz CT molecular complexity index is 715. The lowest BCUT2D eigenvalue weighted by Gasteiger charge is -2.34. The fraction of sp³-hybridized carbons (Fsp3) is 0.316. The normalized spacial score (nSPS) is 15.9. The molecule has 3 rings (SSSR count). The molecule has 1 saturated heterocycles. The van der Waals surface area contributed by atoms with E-state index >= 15 is 0 Å². The summed E-state index contributed by atoms with van der Waals surface area (Å²) < 4.78 is 13.0. The zero-order valence-electron chi connectivity index (χ0n) is 13.9. The van der Waals surface area contributed by atoms with Crippen molar-refractivity contribution < 1.29 is 9.18 Å². The number of benzene rings is 2. The van der Waals surface area contributed by atoms with E-state index in [1.54, 1.807) is 12.1 Å². The van der Waals surface area contributed by atoms with E-state index in [-0.39, 0.29) is 11.7 Å². The fourth-order valence-electron chi connectivity index (χ4n) is 2.91. The first-order valence-corrected chi connectivity index (χ1v) is 8.71. The van der Waals surface area contributed by atoms with Crippen molar-refractivity contribution in [3.63, 3.8) is 0 Å². The average molecular weight is 362 g/mol. The zero-order valence-corrected chi connectivity index (χ0v) is 14.7. The lowest BCUT2D eigenvalue weighted by atomic mass is 10.2. The highest BCUT2D eigenvalue weighted by Gasteiger charge is 2.19. The molecule has 132 valence electrons. The van der Waals surface area contributed by atoms with Crippen molar-refractivity contribution in [3.05, 3.63) is 64.9 Å². The minimum absolute atomic E-state index is 0.0555. The zero-order chi connectivity index (χ0) is 17.6. The molecule has 1 heterocycles. The van der Waals surface area contributed by atoms with Gasteiger partial charge in [-0.2, -0.15) is 0 Å². The number of piperazine rings is 1. The number of hydrogen-bond acceptors (Lipinski definition) is 3. The van der Waals surface area contributed by atoms with Crippen molar-refractivity contribution in [2.24, 2.45) is 0 Å². The Hall–Kier alpha value is -1.95. The molecular weight excluding hydrogens is 341 g/mol. The largest absolute Gasteiger partial charge is 0.324 e. The second-order valence-corrected chi connectivity index (χ2v) is 6.61. The highest BCUT2D eigenvalue weighted by molar-refractivity contribution is 6.33. The van der Waals surface area contributed by atoms with Crippen LogP contribution in [-0.2, 0) is 11.3 Å². The van der Waals surface area contributed by atoms with Crippen LogP contribution in [0.4, 0.5) is 10.1 Å². The molecule has 2 aromatic carbocycles. The minimum Gasteiger partial charge on any atom is -0.324 e. The van der Waals surface area contributed by atoms with Gasteiger partial charge in [0.25, 0.3) is 0 Å². The Kier molecular flexibility index (Phi) is 6.02. The summed E-state index contributed by atoms with van der Waals surface area (Å²) in [6, 6.07) is 13.8. The van der Waals surface area contributed by atoms with Crippen LogP contribution in [0, 0.1) is 5.82 Å². The number of anilines is 1. The Morgan fingerprint density at radius 1 is 1.00 bits per heavy atom. The average Bonchev–Trinajstić information content (AvgIpc) is 2.61. The maximum Gasteiger partial charge on any atom is 0.238 e. The molecule has 0 radical (unpaired) electrons. The summed E-state index contributed by atoms with van der Waals surface area (Å²) in [4.78, 5) is 16.6. The van der Waals surface area contributed by atoms with Gasteiger partial charge >= 0.3 is 0 Å². The van der Waals surface area contributed by atoms with Crippen molar-refractivity contribution in [2.75, 3.05) is 38.0 Å². The molecule has 2 aromatic rings. The molecule has 0 saturated carbocycles. The first-order chi connectivity index (χ1) is 12.1. The molecule has 0 unspecified atom stereocenters. The van der Waals surface area contributed by atoms with Crippen LogP contribution in [0.25, 0.3) is 0 Å². The number of carbonyl (C=O) groups excluding carboxylic acids is 1. The van der Waals surface area contributed by atoms with E-state index in [0.29, 0.717) is 17.3 Å². The van der Waals surface area contributed by atoms with E-state index in [2.05, 4.69) is 15.1 Å². The highest BCUT2D eigenvalue weighted by Crippen LogP contribution is 2.20. The summed E-state index contributed by atoms with van der Waals surface area (Å²) in [6.45, 7) is 4.59. The van der Waals surface area contributed by atoms with Crippen molar-refractivity contribution >= 4 is 23.2 Å². The summed E-state index contributed by atoms with van der Waals surface area (Å²) in [5.41, 5.74) is 1.75. The summed E-state index contributed by atoms with van der Waals surface area (Å²) >= 11 is 6.06. The first kappa shape index (κ1) is 17.9. The van der Waals surface area contributed by atoms with Gasteiger partial charge in [0.1, 0.15) is 5.82 Å². The maximum absolute atomic E-state index is 13.0. The number of nitrogens with one attached hydrogen (secondary N) is 1. The topological polar surface area (TPSA) is 35.6 Å². The van der Waals surface area contributed by atoms with Gasteiger partial charge in [-0.25, -0.2) is 4.39 Å². The van der Waals surface area contributed by atoms with Gasteiger partial charge in [0, 0.05) is 32.7 Å². The van der Waals surface area contributed by atoms with Gasteiger partial charge in [-0.3, -0.25) is 14.6 Å². The Morgan fingerprint density at radius 3 is 2.32 bits per heavy atom. The number of nitrogens with zero attached hydrogens (tertiary/aromatic N) is 2. The highest BCUT2D eigenvalue weighted by atomic mass is 35.5. The number of amides is 1. The number of halogens is 2. The van der Waals surface area contributed by atoms with Gasteiger partial charge in [-0.05, 0) is 29.8 Å². The molecule has 6 heteroatoms. The van der Waals surface area contributed by atoms with Crippen LogP contribution in [0.5, 0.6) is 0 Å². The number of rotatable bonds is 5. The van der Waals surface area contributed by atoms with E-state index in [1.165, 1.54) is 12.1 Å². The standard InChI is InChI=1S/C19H21ClFN3O/c20-17-3-1-2-4-18(17)22-19(25)14-24-11-9-23(10-12-24)13-15-5-7-16(21)8-6-15/h1-8H,9-14H2,(H,22,25). The monoisotopic (exact) mass is 361 g/mol. The number of hydrogen-bond donors (Lipinski definition) is 1. The van der Waals surface area contributed by atoms with Crippen LogP contribution >= 0.6 is 11.6 Å². The summed E-state index contributed by atoms with van der Waals surface area (Å²) in [5, 5.41) is 3.39. The van der Waals surface area contributed by atoms with Crippen molar-refractivity contribution in [2.45, 2.75) is 6.54 Å². The molecule has 0 atom stereocenters. The van der Waals surface area contributed by atoms with Gasteiger partial charge in [0.05, 0.1) is 17.3 Å². The molecule has 4 nitrogen and oxygen atoms in total. The lowest BCUT2D eigenvalue weighted by Crippen LogP contribution is -2.48. The summed E-state index contributed by atoms with van der Waals surface area (Å²) in [5.74, 6) is -0.266. The van der Waals surface area contributed by atoms with Gasteiger partial charge in [0.15, 0.2) is 0 Å². The predicted molar refractivity (Wildman–Crippen MR) is 98.2 cm³/mol. The fourth-order valence-corrected chi connectivity index (χ4v) is 3.09. The lowest BCUT2D eigenvalue weighted by molar-refractivity contribution is -0.117. The molecule has 1 amide bonds. The Morgan fingerprint density at radius 2 is 1.64 bits per heavy atom. The first-order valence-electron chi connectivity index (χ1n) is 8.34. The van der Waals surface area contributed by atoms with Crippen molar-refractivity contribution in [3.8, 4) is 0 Å². The van der Waals surface area contributed by atoms with Crippen molar-refractivity contribution in [1.82, 2.24) is 9.80 Å². The van der Waals surface area contributed by atoms with E-state index in [9.17, 15) is 9.18 Å². The summed E-state index contributed by atoms with van der Waals surface area (Å²) in [7, 11) is 0. The van der Waals surface area contributed by atoms with Gasteiger partial charge in [-0.1, -0.05) is 35.9 Å². The van der Waals surface area contributed by atoms with E-state index < -0.39 is 0 Å². The molecule has 1 aliphatic rings. The minimum atomic E-state index is -0.210. The molecule has 0 aliphatic carbocycles. The number of para-hydroxylation sites is 1.